The maximum absolute atomic E-state index is 2.51. The fourth-order valence-electron chi connectivity index (χ4n) is 4.60. The molecule has 0 nitrogen and oxygen atoms in total. The average molecular weight is 441 g/mol. The smallest absolute Gasteiger partial charge is 0.0337 e. The maximum atomic E-state index is 2.51. The Kier molecular flexibility index (Phi) is 6.81. The van der Waals surface area contributed by atoms with Crippen LogP contribution in [-0.4, -0.2) is 12.5 Å². The molecule has 0 radical (unpaired) electrons. The van der Waals surface area contributed by atoms with Crippen LogP contribution in [0.15, 0.2) is 24.3 Å². The summed E-state index contributed by atoms with van der Waals surface area (Å²) in [4.78, 5) is 0. The Balaban J connectivity index is 2.30. The van der Waals surface area contributed by atoms with E-state index in [-0.39, 0.29) is 10.8 Å². The summed E-state index contributed by atoms with van der Waals surface area (Å²) < 4.78 is 0. The number of benzene rings is 2. The molecule has 0 spiro atoms. The summed E-state index contributed by atoms with van der Waals surface area (Å²) in [6.07, 6.45) is 6.79. The molecule has 0 saturated heterocycles. The second-order valence-electron chi connectivity index (χ2n) is 11.1. The van der Waals surface area contributed by atoms with Crippen LogP contribution in [0.1, 0.15) is 96.5 Å². The summed E-state index contributed by atoms with van der Waals surface area (Å²) in [5, 5.41) is 0.997. The minimum absolute atomic E-state index is 0.169. The maximum Gasteiger partial charge on any atom is 0.0337 e. The number of fused-ring (bicyclic) bond motifs is 4. The molecule has 0 N–H and O–H groups in total. The molecule has 30 heavy (non-hydrogen) atoms. The third-order valence-electron chi connectivity index (χ3n) is 6.92. The van der Waals surface area contributed by atoms with Gasteiger partial charge in [-0.1, -0.05) is 65.8 Å². The number of thioether (sulfide) groups is 2. The Morgan fingerprint density at radius 3 is 1.23 bits per heavy atom. The van der Waals surface area contributed by atoms with Crippen LogP contribution < -0.4 is 0 Å². The predicted octanol–water partition coefficient (Wildman–Crippen LogP) is 8.51. The third kappa shape index (κ3) is 4.65. The zero-order valence-electron chi connectivity index (χ0n) is 20.7. The molecule has 2 heteroatoms. The Labute approximate surface area is 194 Å². The van der Waals surface area contributed by atoms with E-state index >= 15 is 0 Å². The van der Waals surface area contributed by atoms with Gasteiger partial charge in [0.05, 0.1) is 0 Å². The lowest BCUT2D eigenvalue weighted by Gasteiger charge is -2.31. The summed E-state index contributed by atoms with van der Waals surface area (Å²) >= 11 is 4.03. The molecule has 0 heterocycles. The van der Waals surface area contributed by atoms with Crippen molar-refractivity contribution in [2.45, 2.75) is 89.6 Å². The summed E-state index contributed by atoms with van der Waals surface area (Å²) in [6.45, 7) is 18.8. The van der Waals surface area contributed by atoms with Gasteiger partial charge in [-0.05, 0) is 94.5 Å². The minimum Gasteiger partial charge on any atom is -0.157 e. The van der Waals surface area contributed by atoms with Crippen LogP contribution >= 0.6 is 23.5 Å². The number of hydrogen-bond acceptors (Lipinski definition) is 2. The molecule has 0 amide bonds. The van der Waals surface area contributed by atoms with Gasteiger partial charge in [0.15, 0.2) is 0 Å². The van der Waals surface area contributed by atoms with E-state index in [2.05, 4.69) is 92.2 Å². The van der Waals surface area contributed by atoms with Gasteiger partial charge in [-0.15, -0.1) is 0 Å². The first-order chi connectivity index (χ1) is 13.9. The van der Waals surface area contributed by atoms with Gasteiger partial charge in [0.1, 0.15) is 0 Å². The lowest BCUT2D eigenvalue weighted by molar-refractivity contribution is 0.584. The molecular weight excluding hydrogens is 400 g/mol. The second-order valence-corrected chi connectivity index (χ2v) is 13.1. The summed E-state index contributed by atoms with van der Waals surface area (Å²) in [6, 6.07) is 10.0. The first-order valence-corrected chi connectivity index (χ1v) is 13.8. The van der Waals surface area contributed by atoms with Gasteiger partial charge in [-0.25, -0.2) is 0 Å². The topological polar surface area (TPSA) is 0 Å². The third-order valence-corrected chi connectivity index (χ3v) is 8.90. The highest BCUT2D eigenvalue weighted by molar-refractivity contribution is 7.99. The molecular formula is C28H40S2. The van der Waals surface area contributed by atoms with Crippen LogP contribution in [0.3, 0.4) is 0 Å². The van der Waals surface area contributed by atoms with E-state index in [1.54, 1.807) is 22.3 Å². The summed E-state index contributed by atoms with van der Waals surface area (Å²) in [5.74, 6) is 0. The monoisotopic (exact) mass is 440 g/mol. The van der Waals surface area contributed by atoms with Crippen molar-refractivity contribution >= 4 is 23.5 Å². The van der Waals surface area contributed by atoms with E-state index in [9.17, 15) is 0 Å². The van der Waals surface area contributed by atoms with Crippen molar-refractivity contribution in [2.24, 2.45) is 0 Å². The van der Waals surface area contributed by atoms with Gasteiger partial charge in [0, 0.05) is 10.5 Å². The van der Waals surface area contributed by atoms with Gasteiger partial charge < -0.3 is 0 Å². The van der Waals surface area contributed by atoms with Crippen LogP contribution in [0.5, 0.6) is 0 Å². The molecule has 1 aliphatic carbocycles. The van der Waals surface area contributed by atoms with Crippen LogP contribution in [-0.2, 0) is 23.7 Å². The van der Waals surface area contributed by atoms with Gasteiger partial charge in [0.25, 0.3) is 0 Å². The van der Waals surface area contributed by atoms with Gasteiger partial charge in [-0.3, -0.25) is 0 Å². The van der Waals surface area contributed by atoms with Crippen LogP contribution in [0.2, 0.25) is 0 Å². The fraction of sp³-hybridized carbons (Fsp3) is 0.571. The summed E-state index contributed by atoms with van der Waals surface area (Å²) in [5.41, 5.74) is 12.5. The standard InChI is InChI=1S/C28H40S2/c1-17-19-11-21(27(3,4)5)15-23(17)25(29-9)14-20-12-22(28(6,7)8)16-24(18(20)2)26(13-19)30-10/h11-12,15-16,25-26H,13-14H2,1-10H3. The Morgan fingerprint density at radius 1 is 0.633 bits per heavy atom. The highest BCUT2D eigenvalue weighted by atomic mass is 32.2. The Bertz CT molecular complexity index is 848. The van der Waals surface area contributed by atoms with Gasteiger partial charge >= 0.3 is 0 Å². The molecule has 2 unspecified atom stereocenters. The van der Waals surface area contributed by atoms with E-state index in [0.717, 1.165) is 12.8 Å². The molecule has 2 aromatic rings. The molecule has 0 aromatic heterocycles. The molecule has 0 aliphatic heterocycles. The van der Waals surface area contributed by atoms with E-state index in [4.69, 9.17) is 0 Å². The largest absolute Gasteiger partial charge is 0.157 e. The first kappa shape index (κ1) is 23.8. The Hall–Kier alpha value is -0.860. The van der Waals surface area contributed by atoms with E-state index in [0.29, 0.717) is 10.5 Å². The highest BCUT2D eigenvalue weighted by Gasteiger charge is 2.28. The first-order valence-electron chi connectivity index (χ1n) is 11.2. The van der Waals surface area contributed by atoms with Crippen molar-refractivity contribution in [3.05, 3.63) is 68.8 Å². The van der Waals surface area contributed by atoms with E-state index in [1.807, 2.05) is 23.5 Å². The van der Waals surface area contributed by atoms with Crippen molar-refractivity contribution in [2.75, 3.05) is 12.5 Å². The number of rotatable bonds is 2. The second kappa shape index (κ2) is 8.58. The molecule has 1 aliphatic rings. The van der Waals surface area contributed by atoms with Crippen LogP contribution in [0.25, 0.3) is 0 Å². The molecule has 3 rings (SSSR count). The van der Waals surface area contributed by atoms with E-state index < -0.39 is 0 Å². The normalized spacial score (nSPS) is 19.7. The van der Waals surface area contributed by atoms with Gasteiger partial charge in [0.2, 0.25) is 0 Å². The summed E-state index contributed by atoms with van der Waals surface area (Å²) in [7, 11) is 0. The number of hydrogen-bond donors (Lipinski definition) is 0. The van der Waals surface area contributed by atoms with Crippen molar-refractivity contribution in [3.8, 4) is 0 Å². The zero-order valence-corrected chi connectivity index (χ0v) is 22.3. The van der Waals surface area contributed by atoms with Crippen molar-refractivity contribution in [3.63, 3.8) is 0 Å². The molecule has 0 fully saturated rings. The van der Waals surface area contributed by atoms with E-state index in [1.165, 1.54) is 22.3 Å². The molecule has 164 valence electrons. The van der Waals surface area contributed by atoms with Crippen LogP contribution in [0, 0.1) is 13.8 Å². The molecule has 4 bridgehead atoms. The minimum atomic E-state index is 0.169. The van der Waals surface area contributed by atoms with Crippen molar-refractivity contribution in [1.82, 2.24) is 0 Å². The SMILES string of the molecule is CSC1Cc2cc(C(C)(C)C)cc(c2C)C(SC)Cc2cc(C(C)(C)C)cc1c2C. The lowest BCUT2D eigenvalue weighted by atomic mass is 9.78. The molecule has 0 saturated carbocycles. The lowest BCUT2D eigenvalue weighted by Crippen LogP contribution is -2.18. The predicted molar refractivity (Wildman–Crippen MR) is 140 cm³/mol. The highest BCUT2D eigenvalue weighted by Crippen LogP contribution is 2.44. The molecule has 2 atom stereocenters. The quantitative estimate of drug-likeness (QED) is 0.459. The Morgan fingerprint density at radius 2 is 0.967 bits per heavy atom. The van der Waals surface area contributed by atoms with Gasteiger partial charge in [-0.2, -0.15) is 23.5 Å². The van der Waals surface area contributed by atoms with Crippen molar-refractivity contribution < 1.29 is 0 Å². The fourth-order valence-corrected chi connectivity index (χ4v) is 6.29. The molecule has 2 aromatic carbocycles. The van der Waals surface area contributed by atoms with Crippen LogP contribution in [0.4, 0.5) is 0 Å². The van der Waals surface area contributed by atoms with Crippen molar-refractivity contribution in [1.29, 1.82) is 0 Å². The average Bonchev–Trinajstić information content (AvgIpc) is 2.64. The zero-order chi connectivity index (χ0) is 22.4.